The number of carbonyl (C=O) groups excluding carboxylic acids is 2. The Morgan fingerprint density at radius 3 is 2.66 bits per heavy atom. The molecule has 1 aromatic heterocycles. The third kappa shape index (κ3) is 4.01. The number of fused-ring (bicyclic) bond motifs is 1. The first-order valence-corrected chi connectivity index (χ1v) is 10.1. The van der Waals surface area contributed by atoms with E-state index < -0.39 is 0 Å². The fraction of sp³-hybridized carbons (Fsp3) is 0.429. The topological polar surface area (TPSA) is 78.9 Å². The van der Waals surface area contributed by atoms with Gasteiger partial charge in [-0.1, -0.05) is 18.2 Å². The smallest absolute Gasteiger partial charge is 0.409 e. The van der Waals surface area contributed by atoms with Crippen LogP contribution in [0.5, 0.6) is 0 Å². The molecular weight excluding hydrogens is 370 g/mol. The summed E-state index contributed by atoms with van der Waals surface area (Å²) in [5.74, 6) is 0.600. The number of piperazine rings is 1. The van der Waals surface area contributed by atoms with Crippen molar-refractivity contribution in [1.82, 2.24) is 14.9 Å². The van der Waals surface area contributed by atoms with Crippen molar-refractivity contribution in [3.8, 4) is 0 Å². The van der Waals surface area contributed by atoms with Gasteiger partial charge in [0.25, 0.3) is 5.91 Å². The molecule has 0 N–H and O–H groups in total. The average molecular weight is 395 g/mol. The minimum atomic E-state index is -0.283. The Morgan fingerprint density at radius 2 is 1.86 bits per heavy atom. The summed E-state index contributed by atoms with van der Waals surface area (Å²) in [6, 6.07) is 9.77. The minimum Gasteiger partial charge on any atom is -0.450 e. The van der Waals surface area contributed by atoms with Gasteiger partial charge >= 0.3 is 6.09 Å². The van der Waals surface area contributed by atoms with Gasteiger partial charge in [-0.05, 0) is 31.4 Å². The van der Waals surface area contributed by atoms with Gasteiger partial charge in [0.05, 0.1) is 6.61 Å². The Balaban J connectivity index is 1.47. The van der Waals surface area contributed by atoms with Crippen LogP contribution in [0.15, 0.2) is 36.7 Å². The molecule has 2 amide bonds. The number of amides is 2. The summed E-state index contributed by atoms with van der Waals surface area (Å²) in [5, 5.41) is 0. The number of rotatable bonds is 3. The van der Waals surface area contributed by atoms with Gasteiger partial charge in [0.1, 0.15) is 17.8 Å². The third-order valence-electron chi connectivity index (χ3n) is 5.36. The normalized spacial score (nSPS) is 16.4. The Kier molecular flexibility index (Phi) is 5.59. The molecule has 8 heteroatoms. The van der Waals surface area contributed by atoms with Crippen molar-refractivity contribution in [2.45, 2.75) is 19.8 Å². The summed E-state index contributed by atoms with van der Waals surface area (Å²) in [4.78, 5) is 39.2. The van der Waals surface area contributed by atoms with Gasteiger partial charge in [-0.15, -0.1) is 0 Å². The largest absolute Gasteiger partial charge is 0.450 e. The summed E-state index contributed by atoms with van der Waals surface area (Å²) in [6.45, 7) is 5.25. The van der Waals surface area contributed by atoms with Crippen LogP contribution in [-0.4, -0.2) is 66.2 Å². The molecule has 1 saturated heterocycles. The van der Waals surface area contributed by atoms with Crippen LogP contribution in [0.2, 0.25) is 0 Å². The zero-order chi connectivity index (χ0) is 20.2. The molecule has 1 aromatic carbocycles. The number of anilines is 2. The summed E-state index contributed by atoms with van der Waals surface area (Å²) >= 11 is 0. The zero-order valence-electron chi connectivity index (χ0n) is 16.6. The lowest BCUT2D eigenvalue weighted by Crippen LogP contribution is -2.49. The molecule has 0 radical (unpaired) electrons. The molecule has 2 aliphatic heterocycles. The molecule has 4 rings (SSSR count). The van der Waals surface area contributed by atoms with E-state index in [0.29, 0.717) is 50.8 Å². The Bertz CT molecular complexity index is 895. The Hall–Kier alpha value is -3.16. The Morgan fingerprint density at radius 1 is 1.07 bits per heavy atom. The van der Waals surface area contributed by atoms with Crippen LogP contribution >= 0.6 is 0 Å². The zero-order valence-corrected chi connectivity index (χ0v) is 16.6. The number of aromatic nitrogens is 2. The highest BCUT2D eigenvalue weighted by Crippen LogP contribution is 2.28. The van der Waals surface area contributed by atoms with Gasteiger partial charge < -0.3 is 19.4 Å². The van der Waals surface area contributed by atoms with E-state index in [9.17, 15) is 9.59 Å². The molecule has 2 aliphatic rings. The van der Waals surface area contributed by atoms with E-state index in [0.717, 1.165) is 18.5 Å². The van der Waals surface area contributed by atoms with Gasteiger partial charge in [-0.3, -0.25) is 4.79 Å². The second-order valence-electron chi connectivity index (χ2n) is 7.12. The van der Waals surface area contributed by atoms with Gasteiger partial charge in [0, 0.05) is 44.5 Å². The minimum absolute atomic E-state index is 0.106. The van der Waals surface area contributed by atoms with Crippen LogP contribution in [0.25, 0.3) is 0 Å². The Labute approximate surface area is 170 Å². The maximum absolute atomic E-state index is 13.2. The van der Waals surface area contributed by atoms with Gasteiger partial charge in [0.2, 0.25) is 0 Å². The number of nitrogens with zero attached hydrogens (tertiary/aromatic N) is 5. The lowest BCUT2D eigenvalue weighted by Gasteiger charge is -2.34. The predicted octanol–water partition coefficient (Wildman–Crippen LogP) is 2.35. The van der Waals surface area contributed by atoms with Crippen molar-refractivity contribution in [2.75, 3.05) is 49.1 Å². The highest BCUT2D eigenvalue weighted by Gasteiger charge is 2.26. The summed E-state index contributed by atoms with van der Waals surface area (Å²) in [6.07, 6.45) is 3.08. The maximum atomic E-state index is 13.2. The summed E-state index contributed by atoms with van der Waals surface area (Å²) < 4.78 is 5.06. The lowest BCUT2D eigenvalue weighted by molar-refractivity contribution is 0.0980. The highest BCUT2D eigenvalue weighted by atomic mass is 16.6. The molecule has 1 fully saturated rings. The van der Waals surface area contributed by atoms with Crippen LogP contribution in [0.3, 0.4) is 0 Å². The molecule has 3 heterocycles. The van der Waals surface area contributed by atoms with Crippen molar-refractivity contribution in [3.63, 3.8) is 0 Å². The monoisotopic (exact) mass is 395 g/mol. The van der Waals surface area contributed by atoms with E-state index in [1.165, 1.54) is 11.9 Å². The number of carbonyl (C=O) groups is 2. The van der Waals surface area contributed by atoms with Gasteiger partial charge in [-0.25, -0.2) is 14.8 Å². The number of para-hydroxylation sites is 1. The lowest BCUT2D eigenvalue weighted by atomic mass is 10.0. The first kappa shape index (κ1) is 19.2. The van der Waals surface area contributed by atoms with E-state index in [1.54, 1.807) is 17.9 Å². The fourth-order valence-corrected chi connectivity index (χ4v) is 3.85. The van der Waals surface area contributed by atoms with Crippen molar-refractivity contribution in [2.24, 2.45) is 0 Å². The van der Waals surface area contributed by atoms with Crippen molar-refractivity contribution in [3.05, 3.63) is 47.9 Å². The summed E-state index contributed by atoms with van der Waals surface area (Å²) in [7, 11) is 0. The first-order chi connectivity index (χ1) is 14.2. The number of ether oxygens (including phenoxy) is 1. The number of benzene rings is 1. The van der Waals surface area contributed by atoms with Crippen LogP contribution in [0.1, 0.15) is 29.4 Å². The fourth-order valence-electron chi connectivity index (χ4n) is 3.85. The summed E-state index contributed by atoms with van der Waals surface area (Å²) in [5.41, 5.74) is 2.54. The molecule has 0 aliphatic carbocycles. The van der Waals surface area contributed by atoms with E-state index in [-0.39, 0.29) is 12.0 Å². The molecule has 0 spiro atoms. The third-order valence-corrected chi connectivity index (χ3v) is 5.36. The highest BCUT2D eigenvalue weighted by molar-refractivity contribution is 6.05. The SMILES string of the molecule is CCOC(=O)N1CCN(c2cc(C(=O)N3CCCc4ccccc43)ncn2)CC1. The molecule has 0 atom stereocenters. The second kappa shape index (κ2) is 8.46. The van der Waals surface area contributed by atoms with Crippen molar-refractivity contribution < 1.29 is 14.3 Å². The first-order valence-electron chi connectivity index (χ1n) is 10.1. The van der Waals surface area contributed by atoms with Crippen LogP contribution in [0.4, 0.5) is 16.3 Å². The maximum Gasteiger partial charge on any atom is 0.409 e. The van der Waals surface area contributed by atoms with E-state index in [2.05, 4.69) is 20.9 Å². The molecule has 8 nitrogen and oxygen atoms in total. The molecule has 0 saturated carbocycles. The predicted molar refractivity (Wildman–Crippen MR) is 109 cm³/mol. The van der Waals surface area contributed by atoms with Crippen LogP contribution < -0.4 is 9.80 Å². The molecule has 0 unspecified atom stereocenters. The van der Waals surface area contributed by atoms with Crippen LogP contribution in [0, 0.1) is 0 Å². The van der Waals surface area contributed by atoms with Gasteiger partial charge in [-0.2, -0.15) is 0 Å². The van der Waals surface area contributed by atoms with Gasteiger partial charge in [0.15, 0.2) is 0 Å². The second-order valence-corrected chi connectivity index (χ2v) is 7.12. The molecule has 152 valence electrons. The number of hydrogen-bond donors (Lipinski definition) is 0. The average Bonchev–Trinajstić information content (AvgIpc) is 2.78. The van der Waals surface area contributed by atoms with E-state index in [4.69, 9.17) is 4.74 Å². The molecule has 0 bridgehead atoms. The number of aryl methyl sites for hydroxylation is 1. The van der Waals surface area contributed by atoms with Crippen molar-refractivity contribution in [1.29, 1.82) is 0 Å². The molecule has 2 aromatic rings. The molecule has 29 heavy (non-hydrogen) atoms. The van der Waals surface area contributed by atoms with E-state index in [1.807, 2.05) is 23.1 Å². The quantitative estimate of drug-likeness (QED) is 0.794. The standard InChI is InChI=1S/C21H25N5O3/c1-2-29-21(28)25-12-10-24(11-13-25)19-14-17(22-15-23-19)20(27)26-9-5-7-16-6-3-4-8-18(16)26/h3-4,6,8,14-15H,2,5,7,9-13H2,1H3. The molecular formula is C21H25N5O3. The number of hydrogen-bond acceptors (Lipinski definition) is 6. The van der Waals surface area contributed by atoms with Crippen molar-refractivity contribution >= 4 is 23.5 Å². The van der Waals surface area contributed by atoms with Crippen LogP contribution in [-0.2, 0) is 11.2 Å². The van der Waals surface area contributed by atoms with E-state index >= 15 is 0 Å².